The van der Waals surface area contributed by atoms with Gasteiger partial charge in [0.25, 0.3) is 0 Å². The number of amides is 2. The van der Waals surface area contributed by atoms with E-state index < -0.39 is 0 Å². The third-order valence-corrected chi connectivity index (χ3v) is 4.91. The van der Waals surface area contributed by atoms with Gasteiger partial charge < -0.3 is 10.2 Å². The topological polar surface area (TPSA) is 56.1 Å². The highest BCUT2D eigenvalue weighted by atomic mass is 16.2. The van der Waals surface area contributed by atoms with E-state index in [1.807, 2.05) is 25.1 Å². The lowest BCUT2D eigenvalue weighted by Crippen LogP contribution is -2.38. The molecule has 1 aliphatic heterocycles. The number of nitrogens with zero attached hydrogens (tertiary/aromatic N) is 2. The van der Waals surface area contributed by atoms with Gasteiger partial charge in [0.1, 0.15) is 0 Å². The van der Waals surface area contributed by atoms with Crippen molar-refractivity contribution in [3.63, 3.8) is 0 Å². The first-order valence-electron chi connectivity index (χ1n) is 8.82. The van der Waals surface area contributed by atoms with Crippen LogP contribution >= 0.6 is 0 Å². The summed E-state index contributed by atoms with van der Waals surface area (Å²) in [6.07, 6.45) is 1.89. The molecule has 0 spiro atoms. The van der Waals surface area contributed by atoms with Crippen molar-refractivity contribution in [3.05, 3.63) is 64.7 Å². The first kappa shape index (κ1) is 17.0. The smallest absolute Gasteiger partial charge is 0.320 e. The lowest BCUT2D eigenvalue weighted by atomic mass is 9.88. The zero-order valence-corrected chi connectivity index (χ0v) is 14.7. The average Bonchev–Trinajstić information content (AvgIpc) is 2.65. The highest BCUT2D eigenvalue weighted by molar-refractivity contribution is 5.92. The molecule has 1 aliphatic rings. The zero-order chi connectivity index (χ0) is 17.8. The summed E-state index contributed by atoms with van der Waals surface area (Å²) >= 11 is 0. The molecule has 4 heteroatoms. The van der Waals surface area contributed by atoms with Gasteiger partial charge >= 0.3 is 6.03 Å². The Balaban J connectivity index is 1.83. The summed E-state index contributed by atoms with van der Waals surface area (Å²) in [7, 11) is 0. The molecule has 2 amide bonds. The minimum absolute atomic E-state index is 0.0260. The van der Waals surface area contributed by atoms with Crippen LogP contribution in [0, 0.1) is 11.3 Å². The monoisotopic (exact) mass is 333 g/mol. The lowest BCUT2D eigenvalue weighted by Gasteiger charge is -2.29. The number of anilines is 1. The van der Waals surface area contributed by atoms with E-state index in [4.69, 9.17) is 5.26 Å². The number of rotatable bonds is 5. The second-order valence-corrected chi connectivity index (χ2v) is 6.48. The number of hydrogen-bond donors (Lipinski definition) is 1. The molecule has 0 bridgehead atoms. The fraction of sp³-hybridized carbons (Fsp3) is 0.333. The molecule has 25 heavy (non-hydrogen) atoms. The van der Waals surface area contributed by atoms with Crippen LogP contribution in [0.25, 0.3) is 0 Å². The van der Waals surface area contributed by atoms with Gasteiger partial charge in [0.2, 0.25) is 0 Å². The van der Waals surface area contributed by atoms with Crippen LogP contribution < -0.4 is 5.32 Å². The van der Waals surface area contributed by atoms with Gasteiger partial charge in [-0.2, -0.15) is 5.26 Å². The summed E-state index contributed by atoms with van der Waals surface area (Å²) in [6, 6.07) is 16.4. The largest absolute Gasteiger partial charge is 0.322 e. The molecule has 0 aliphatic carbocycles. The predicted molar refractivity (Wildman–Crippen MR) is 99.4 cm³/mol. The number of benzene rings is 2. The van der Waals surface area contributed by atoms with Crippen molar-refractivity contribution < 1.29 is 4.79 Å². The number of carbonyl (C=O) groups excluding carboxylic acids is 1. The molecule has 3 rings (SSSR count). The van der Waals surface area contributed by atoms with Crippen LogP contribution in [0.1, 0.15) is 48.4 Å². The van der Waals surface area contributed by atoms with E-state index in [2.05, 4.69) is 42.6 Å². The summed E-state index contributed by atoms with van der Waals surface area (Å²) < 4.78 is 0. The van der Waals surface area contributed by atoms with Gasteiger partial charge in [-0.3, -0.25) is 0 Å². The molecular formula is C21H23N3O. The fourth-order valence-corrected chi connectivity index (χ4v) is 3.38. The summed E-state index contributed by atoms with van der Waals surface area (Å²) in [5, 5.41) is 12.1. The zero-order valence-electron chi connectivity index (χ0n) is 14.7. The van der Waals surface area contributed by atoms with Crippen LogP contribution in [-0.4, -0.2) is 17.5 Å². The first-order valence-corrected chi connectivity index (χ1v) is 8.82. The SMILES string of the molecule is CCC(Cc1cccc(C#N)c1)c1ccc2c(c1)NC(=O)N(CC)C2. The third kappa shape index (κ3) is 3.66. The second-order valence-electron chi connectivity index (χ2n) is 6.48. The van der Waals surface area contributed by atoms with Crippen LogP contribution in [-0.2, 0) is 13.0 Å². The Bertz CT molecular complexity index is 822. The number of fused-ring (bicyclic) bond motifs is 1. The fourth-order valence-electron chi connectivity index (χ4n) is 3.38. The van der Waals surface area contributed by atoms with E-state index in [9.17, 15) is 4.79 Å². The summed E-state index contributed by atoms with van der Waals surface area (Å²) in [5.41, 5.74) is 5.19. The summed E-state index contributed by atoms with van der Waals surface area (Å²) in [4.78, 5) is 13.9. The van der Waals surface area contributed by atoms with Gasteiger partial charge in [0, 0.05) is 18.8 Å². The van der Waals surface area contributed by atoms with E-state index in [1.54, 1.807) is 4.90 Å². The molecule has 1 unspecified atom stereocenters. The Morgan fingerprint density at radius 3 is 2.80 bits per heavy atom. The molecule has 0 aromatic heterocycles. The molecule has 1 atom stereocenters. The minimum atomic E-state index is -0.0260. The predicted octanol–water partition coefficient (Wildman–Crippen LogP) is 4.66. The van der Waals surface area contributed by atoms with Crippen molar-refractivity contribution in [2.45, 2.75) is 39.2 Å². The average molecular weight is 333 g/mol. The van der Waals surface area contributed by atoms with Gasteiger partial charge in [0.15, 0.2) is 0 Å². The van der Waals surface area contributed by atoms with Crippen molar-refractivity contribution in [1.82, 2.24) is 4.90 Å². The molecule has 128 valence electrons. The van der Waals surface area contributed by atoms with E-state index in [1.165, 1.54) is 11.1 Å². The van der Waals surface area contributed by atoms with E-state index in [0.29, 0.717) is 24.6 Å². The molecule has 1 heterocycles. The Kier molecular flexibility index (Phi) is 5.04. The van der Waals surface area contributed by atoms with Crippen LogP contribution in [0.3, 0.4) is 0 Å². The summed E-state index contributed by atoms with van der Waals surface area (Å²) in [6.45, 7) is 5.54. The van der Waals surface area contributed by atoms with Crippen LogP contribution in [0.2, 0.25) is 0 Å². The van der Waals surface area contributed by atoms with Crippen molar-refractivity contribution in [1.29, 1.82) is 5.26 Å². The van der Waals surface area contributed by atoms with Gasteiger partial charge in [-0.05, 0) is 60.6 Å². The van der Waals surface area contributed by atoms with Crippen molar-refractivity contribution in [2.75, 3.05) is 11.9 Å². The first-order chi connectivity index (χ1) is 12.1. The highest BCUT2D eigenvalue weighted by Crippen LogP contribution is 2.31. The maximum absolute atomic E-state index is 12.1. The Morgan fingerprint density at radius 2 is 2.08 bits per heavy atom. The molecule has 0 saturated carbocycles. The number of nitriles is 1. The highest BCUT2D eigenvalue weighted by Gasteiger charge is 2.22. The number of carbonyl (C=O) groups is 1. The molecule has 2 aromatic carbocycles. The van der Waals surface area contributed by atoms with Crippen LogP contribution in [0.4, 0.5) is 10.5 Å². The van der Waals surface area contributed by atoms with Crippen LogP contribution in [0.5, 0.6) is 0 Å². The lowest BCUT2D eigenvalue weighted by molar-refractivity contribution is 0.210. The van der Waals surface area contributed by atoms with E-state index in [0.717, 1.165) is 24.1 Å². The Labute approximate surface area is 149 Å². The molecular weight excluding hydrogens is 310 g/mol. The second kappa shape index (κ2) is 7.40. The molecule has 1 N–H and O–H groups in total. The maximum atomic E-state index is 12.1. The van der Waals surface area contributed by atoms with Crippen molar-refractivity contribution in [2.24, 2.45) is 0 Å². The van der Waals surface area contributed by atoms with Gasteiger partial charge in [-0.15, -0.1) is 0 Å². The maximum Gasteiger partial charge on any atom is 0.322 e. The molecule has 0 fully saturated rings. The van der Waals surface area contributed by atoms with E-state index >= 15 is 0 Å². The van der Waals surface area contributed by atoms with Gasteiger partial charge in [0.05, 0.1) is 11.6 Å². The molecule has 4 nitrogen and oxygen atoms in total. The molecule has 0 saturated heterocycles. The third-order valence-electron chi connectivity index (χ3n) is 4.91. The Hall–Kier alpha value is -2.80. The van der Waals surface area contributed by atoms with Gasteiger partial charge in [-0.1, -0.05) is 31.2 Å². The normalized spacial score (nSPS) is 14.4. The molecule has 0 radical (unpaired) electrons. The van der Waals surface area contributed by atoms with Crippen molar-refractivity contribution >= 4 is 11.7 Å². The van der Waals surface area contributed by atoms with Gasteiger partial charge in [-0.25, -0.2) is 4.79 Å². The summed E-state index contributed by atoms with van der Waals surface area (Å²) in [5.74, 6) is 0.361. The van der Waals surface area contributed by atoms with Crippen LogP contribution in [0.15, 0.2) is 42.5 Å². The standard InChI is InChI=1S/C21H23N3O/c1-3-17(11-15-6-5-7-16(10-15)13-22)18-8-9-19-14-24(4-2)21(25)23-20(19)12-18/h5-10,12,17H,3-4,11,14H2,1-2H3,(H,23,25). The number of urea groups is 1. The quantitative estimate of drug-likeness (QED) is 0.865. The minimum Gasteiger partial charge on any atom is -0.320 e. The molecule has 2 aromatic rings. The van der Waals surface area contributed by atoms with E-state index in [-0.39, 0.29) is 6.03 Å². The number of nitrogens with one attached hydrogen (secondary N) is 1. The Morgan fingerprint density at radius 1 is 1.24 bits per heavy atom. The number of hydrogen-bond acceptors (Lipinski definition) is 2. The van der Waals surface area contributed by atoms with Crippen molar-refractivity contribution in [3.8, 4) is 6.07 Å².